The van der Waals surface area contributed by atoms with Gasteiger partial charge in [0.25, 0.3) is 0 Å². The Balaban J connectivity index is 2.09. The monoisotopic (exact) mass is 408 g/mol. The van der Waals surface area contributed by atoms with Crippen LogP contribution in [0.25, 0.3) is 0 Å². The highest BCUT2D eigenvalue weighted by Gasteiger charge is 2.16. The van der Waals surface area contributed by atoms with Crippen LogP contribution in [0, 0.1) is 6.92 Å². The summed E-state index contributed by atoms with van der Waals surface area (Å²) in [6, 6.07) is 8.98. The molecule has 0 saturated heterocycles. The van der Waals surface area contributed by atoms with Gasteiger partial charge in [-0.15, -0.1) is 0 Å². The fraction of sp³-hybridized carbons (Fsp3) is 0.278. The van der Waals surface area contributed by atoms with E-state index in [1.54, 1.807) is 27.4 Å². The Labute approximate surface area is 155 Å². The molecule has 134 valence electrons. The van der Waals surface area contributed by atoms with Crippen molar-refractivity contribution in [3.8, 4) is 17.2 Å². The molecule has 0 aliphatic heterocycles. The third-order valence-corrected chi connectivity index (χ3v) is 4.25. The maximum Gasteiger partial charge on any atom is 0.319 e. The molecule has 0 aliphatic carbocycles. The van der Waals surface area contributed by atoms with Crippen LogP contribution in [0.2, 0.25) is 0 Å². The lowest BCUT2D eigenvalue weighted by molar-refractivity contribution is 0.251. The summed E-state index contributed by atoms with van der Waals surface area (Å²) in [5.41, 5.74) is 2.58. The minimum Gasteiger partial charge on any atom is -0.493 e. The molecular formula is C18H21BrN2O4. The zero-order valence-corrected chi connectivity index (χ0v) is 16.2. The molecule has 2 aromatic rings. The predicted octanol–water partition coefficient (Wildman–Crippen LogP) is 4.11. The van der Waals surface area contributed by atoms with Gasteiger partial charge in [0.15, 0.2) is 11.5 Å². The van der Waals surface area contributed by atoms with Crippen LogP contribution in [-0.4, -0.2) is 27.4 Å². The molecule has 0 bridgehead atoms. The third kappa shape index (κ3) is 4.57. The van der Waals surface area contributed by atoms with Crippen LogP contribution in [0.3, 0.4) is 0 Å². The summed E-state index contributed by atoms with van der Waals surface area (Å²) in [5, 5.41) is 5.61. The molecule has 2 rings (SSSR count). The zero-order chi connectivity index (χ0) is 18.4. The van der Waals surface area contributed by atoms with Crippen LogP contribution in [0.4, 0.5) is 10.5 Å². The fourth-order valence-electron chi connectivity index (χ4n) is 2.37. The zero-order valence-electron chi connectivity index (χ0n) is 14.6. The summed E-state index contributed by atoms with van der Waals surface area (Å²) < 4.78 is 16.8. The van der Waals surface area contributed by atoms with Gasteiger partial charge in [-0.3, -0.25) is 0 Å². The van der Waals surface area contributed by atoms with E-state index in [9.17, 15) is 4.79 Å². The van der Waals surface area contributed by atoms with Gasteiger partial charge in [0.2, 0.25) is 5.75 Å². The van der Waals surface area contributed by atoms with Crippen molar-refractivity contribution in [1.29, 1.82) is 0 Å². The maximum atomic E-state index is 12.2. The van der Waals surface area contributed by atoms with E-state index < -0.39 is 0 Å². The molecule has 0 atom stereocenters. The number of nitrogens with one attached hydrogen (secondary N) is 2. The molecule has 25 heavy (non-hydrogen) atoms. The van der Waals surface area contributed by atoms with Gasteiger partial charge in [0, 0.05) is 16.6 Å². The van der Waals surface area contributed by atoms with Gasteiger partial charge in [-0.25, -0.2) is 4.79 Å². The average molecular weight is 409 g/mol. The number of hydrogen-bond donors (Lipinski definition) is 2. The number of ether oxygens (including phenoxy) is 3. The molecule has 0 heterocycles. The molecule has 2 aromatic carbocycles. The van der Waals surface area contributed by atoms with Crippen LogP contribution in [-0.2, 0) is 6.54 Å². The first-order valence-corrected chi connectivity index (χ1v) is 8.38. The summed E-state index contributed by atoms with van der Waals surface area (Å²) in [6.07, 6.45) is 0. The summed E-state index contributed by atoms with van der Waals surface area (Å²) in [4.78, 5) is 12.2. The molecule has 0 radical (unpaired) electrons. The molecular weight excluding hydrogens is 388 g/mol. The average Bonchev–Trinajstić information content (AvgIpc) is 2.61. The number of anilines is 1. The number of rotatable bonds is 6. The van der Waals surface area contributed by atoms with Crippen LogP contribution in [0.15, 0.2) is 34.8 Å². The Hall–Kier alpha value is -2.41. The quantitative estimate of drug-likeness (QED) is 0.754. The van der Waals surface area contributed by atoms with Gasteiger partial charge in [0.1, 0.15) is 0 Å². The highest BCUT2D eigenvalue weighted by atomic mass is 79.9. The van der Waals surface area contributed by atoms with Crippen molar-refractivity contribution in [3.63, 3.8) is 0 Å². The van der Waals surface area contributed by atoms with Crippen LogP contribution in [0.1, 0.15) is 11.1 Å². The van der Waals surface area contributed by atoms with Crippen molar-refractivity contribution in [2.24, 2.45) is 0 Å². The molecule has 6 nitrogen and oxygen atoms in total. The first-order chi connectivity index (χ1) is 12.0. The highest BCUT2D eigenvalue weighted by molar-refractivity contribution is 9.10. The van der Waals surface area contributed by atoms with Gasteiger partial charge >= 0.3 is 6.03 Å². The highest BCUT2D eigenvalue weighted by Crippen LogP contribution is 2.39. The molecule has 0 unspecified atom stereocenters. The summed E-state index contributed by atoms with van der Waals surface area (Å²) in [5.74, 6) is 1.58. The van der Waals surface area contributed by atoms with Crippen molar-refractivity contribution >= 4 is 27.6 Å². The minimum atomic E-state index is -0.318. The molecule has 0 aliphatic rings. The lowest BCUT2D eigenvalue weighted by atomic mass is 10.1. The fourth-order valence-corrected chi connectivity index (χ4v) is 2.96. The van der Waals surface area contributed by atoms with E-state index in [-0.39, 0.29) is 12.6 Å². The summed E-state index contributed by atoms with van der Waals surface area (Å²) in [6.45, 7) is 2.26. The number of urea groups is 1. The number of methoxy groups -OCH3 is 3. The van der Waals surface area contributed by atoms with Crippen molar-refractivity contribution in [2.75, 3.05) is 26.6 Å². The second-order valence-electron chi connectivity index (χ2n) is 5.28. The van der Waals surface area contributed by atoms with Gasteiger partial charge < -0.3 is 24.8 Å². The topological polar surface area (TPSA) is 68.8 Å². The van der Waals surface area contributed by atoms with E-state index >= 15 is 0 Å². The number of amides is 2. The number of halogens is 1. The van der Waals surface area contributed by atoms with Gasteiger partial charge in [-0.2, -0.15) is 0 Å². The van der Waals surface area contributed by atoms with Crippen molar-refractivity contribution in [2.45, 2.75) is 13.5 Å². The first-order valence-electron chi connectivity index (χ1n) is 7.59. The second-order valence-corrected chi connectivity index (χ2v) is 6.14. The van der Waals surface area contributed by atoms with Crippen molar-refractivity contribution in [1.82, 2.24) is 5.32 Å². The van der Waals surface area contributed by atoms with Gasteiger partial charge in [-0.1, -0.05) is 6.07 Å². The molecule has 2 amide bonds. The number of carbonyl (C=O) groups excluding carboxylic acids is 1. The SMILES string of the molecule is COc1ccc(CNC(=O)Nc2ccc(C)cc2Br)c(OC)c1OC. The minimum absolute atomic E-state index is 0.277. The molecule has 7 heteroatoms. The molecule has 2 N–H and O–H groups in total. The Bertz CT molecular complexity index is 765. The standard InChI is InChI=1S/C18H21BrN2O4/c1-11-5-7-14(13(19)9-11)21-18(22)20-10-12-6-8-15(23-2)17(25-4)16(12)24-3/h5-9H,10H2,1-4H3,(H2,20,21,22). The van der Waals surface area contributed by atoms with E-state index in [1.165, 1.54) is 0 Å². The lowest BCUT2D eigenvalue weighted by Crippen LogP contribution is -2.28. The van der Waals surface area contributed by atoms with Crippen molar-refractivity contribution < 1.29 is 19.0 Å². The van der Waals surface area contributed by atoms with Crippen LogP contribution < -0.4 is 24.8 Å². The Morgan fingerprint density at radius 1 is 1.04 bits per heavy atom. The maximum absolute atomic E-state index is 12.2. The normalized spacial score (nSPS) is 10.1. The Morgan fingerprint density at radius 2 is 1.76 bits per heavy atom. The number of benzene rings is 2. The first kappa shape index (κ1) is 18.9. The van der Waals surface area contributed by atoms with Gasteiger partial charge in [-0.05, 0) is 52.7 Å². The Kier molecular flexibility index (Phi) is 6.52. The molecule has 0 fully saturated rings. The summed E-state index contributed by atoms with van der Waals surface area (Å²) in [7, 11) is 4.64. The van der Waals surface area contributed by atoms with E-state index in [4.69, 9.17) is 14.2 Å². The largest absolute Gasteiger partial charge is 0.493 e. The smallest absolute Gasteiger partial charge is 0.319 e. The van der Waals surface area contributed by atoms with Crippen LogP contribution >= 0.6 is 15.9 Å². The van der Waals surface area contributed by atoms with Gasteiger partial charge in [0.05, 0.1) is 27.0 Å². The van der Waals surface area contributed by atoms with E-state index in [0.717, 1.165) is 15.6 Å². The van der Waals surface area contributed by atoms with Crippen LogP contribution in [0.5, 0.6) is 17.2 Å². The van der Waals surface area contributed by atoms with E-state index in [0.29, 0.717) is 22.9 Å². The lowest BCUT2D eigenvalue weighted by Gasteiger charge is -2.16. The van der Waals surface area contributed by atoms with Crippen molar-refractivity contribution in [3.05, 3.63) is 45.9 Å². The second kappa shape index (κ2) is 8.62. The molecule has 0 aromatic heterocycles. The number of carbonyl (C=O) groups is 1. The number of hydrogen-bond acceptors (Lipinski definition) is 4. The third-order valence-electron chi connectivity index (χ3n) is 3.60. The number of aryl methyl sites for hydroxylation is 1. The Morgan fingerprint density at radius 3 is 2.36 bits per heavy atom. The van der Waals surface area contributed by atoms with E-state index in [2.05, 4.69) is 26.6 Å². The molecule has 0 saturated carbocycles. The van der Waals surface area contributed by atoms with E-state index in [1.807, 2.05) is 31.2 Å². The summed E-state index contributed by atoms with van der Waals surface area (Å²) >= 11 is 3.44. The predicted molar refractivity (Wildman–Crippen MR) is 101 cm³/mol. The molecule has 0 spiro atoms.